The van der Waals surface area contributed by atoms with Crippen molar-refractivity contribution in [3.05, 3.63) is 76.3 Å². The van der Waals surface area contributed by atoms with E-state index in [1.54, 1.807) is 49.4 Å². The second-order valence-electron chi connectivity index (χ2n) is 7.60. The summed E-state index contributed by atoms with van der Waals surface area (Å²) in [6, 6.07) is 12.9. The number of halogens is 2. The van der Waals surface area contributed by atoms with Crippen LogP contribution >= 0.6 is 23.2 Å². The topological polar surface area (TPSA) is 86.7 Å². The molecule has 3 atom stereocenters. The monoisotopic (exact) mass is 460 g/mol. The molecule has 6 nitrogen and oxygen atoms in total. The third kappa shape index (κ3) is 5.27. The molecule has 2 aromatic carbocycles. The highest BCUT2D eigenvalue weighted by atomic mass is 35.5. The summed E-state index contributed by atoms with van der Waals surface area (Å²) >= 11 is 12.2. The van der Waals surface area contributed by atoms with E-state index in [2.05, 4.69) is 11.9 Å². The largest absolute Gasteiger partial charge is 0.480 e. The molecule has 3 rings (SSSR count). The SMILES string of the molecule is C=C(C)[C@@H]1C(C(=O)Nc2cccc(Cl)c2)C(c2cccc(Cl)c2)CC(=O)N1CC(=O)O. The van der Waals surface area contributed by atoms with Gasteiger partial charge in [-0.05, 0) is 42.8 Å². The normalized spacial score (nSPS) is 20.9. The maximum Gasteiger partial charge on any atom is 0.323 e. The van der Waals surface area contributed by atoms with Gasteiger partial charge in [0.25, 0.3) is 0 Å². The van der Waals surface area contributed by atoms with Crippen molar-refractivity contribution >= 4 is 46.7 Å². The van der Waals surface area contributed by atoms with E-state index in [1.807, 2.05) is 6.07 Å². The van der Waals surface area contributed by atoms with Crippen LogP contribution in [0.4, 0.5) is 5.69 Å². The molecule has 1 fully saturated rings. The summed E-state index contributed by atoms with van der Waals surface area (Å²) in [7, 11) is 0. The number of aliphatic carboxylic acids is 1. The van der Waals surface area contributed by atoms with E-state index >= 15 is 0 Å². The molecule has 0 aliphatic carbocycles. The molecule has 1 aliphatic heterocycles. The lowest BCUT2D eigenvalue weighted by Crippen LogP contribution is -2.56. The zero-order chi connectivity index (χ0) is 22.7. The molecule has 2 aromatic rings. The Balaban J connectivity index is 2.06. The maximum atomic E-state index is 13.5. The summed E-state index contributed by atoms with van der Waals surface area (Å²) in [6.07, 6.45) is -0.0228. The summed E-state index contributed by atoms with van der Waals surface area (Å²) in [6.45, 7) is 5.13. The van der Waals surface area contributed by atoms with Crippen molar-refractivity contribution in [3.8, 4) is 0 Å². The molecule has 0 saturated carbocycles. The van der Waals surface area contributed by atoms with Crippen LogP contribution in [0.5, 0.6) is 0 Å². The van der Waals surface area contributed by atoms with E-state index in [9.17, 15) is 19.5 Å². The number of amides is 2. The number of piperidine rings is 1. The Labute approximate surface area is 190 Å². The minimum atomic E-state index is -1.16. The van der Waals surface area contributed by atoms with Gasteiger partial charge in [0.05, 0.1) is 12.0 Å². The fraction of sp³-hybridized carbons (Fsp3) is 0.261. The van der Waals surface area contributed by atoms with E-state index in [0.717, 1.165) is 5.56 Å². The quantitative estimate of drug-likeness (QED) is 0.616. The van der Waals surface area contributed by atoms with Crippen molar-refractivity contribution < 1.29 is 19.5 Å². The standard InChI is InChI=1S/C23H22Cl2N2O4/c1-13(2)22-21(23(31)26-17-8-4-7-16(25)10-17)18(14-5-3-6-15(24)9-14)11-19(28)27(22)12-20(29)30/h3-10,18,21-22H,1,11-12H2,2H3,(H,26,31)(H,29,30)/t18?,21?,22-/m1/s1. The van der Waals surface area contributed by atoms with Gasteiger partial charge >= 0.3 is 5.97 Å². The number of hydrogen-bond donors (Lipinski definition) is 2. The van der Waals surface area contributed by atoms with Gasteiger partial charge in [-0.15, -0.1) is 0 Å². The van der Waals surface area contributed by atoms with E-state index in [-0.39, 0.29) is 18.2 Å². The lowest BCUT2D eigenvalue weighted by Gasteiger charge is -2.44. The van der Waals surface area contributed by atoms with Crippen LogP contribution in [-0.2, 0) is 14.4 Å². The first-order valence-corrected chi connectivity index (χ1v) is 10.4. The van der Waals surface area contributed by atoms with Crippen LogP contribution in [0, 0.1) is 5.92 Å². The zero-order valence-electron chi connectivity index (χ0n) is 16.8. The smallest absolute Gasteiger partial charge is 0.323 e. The summed E-state index contributed by atoms with van der Waals surface area (Å²) in [4.78, 5) is 39.1. The number of rotatable bonds is 6. The fourth-order valence-corrected chi connectivity index (χ4v) is 4.48. The van der Waals surface area contributed by atoms with Crippen molar-refractivity contribution in [2.24, 2.45) is 5.92 Å². The Bertz CT molecular complexity index is 1040. The van der Waals surface area contributed by atoms with Crippen LogP contribution in [0.1, 0.15) is 24.8 Å². The number of carboxylic acids is 1. The lowest BCUT2D eigenvalue weighted by molar-refractivity contribution is -0.151. The highest BCUT2D eigenvalue weighted by Gasteiger charge is 2.47. The second-order valence-corrected chi connectivity index (χ2v) is 8.47. The van der Waals surface area contributed by atoms with Gasteiger partial charge in [-0.3, -0.25) is 14.4 Å². The Morgan fingerprint density at radius 1 is 1.16 bits per heavy atom. The Hall–Kier alpha value is -2.83. The van der Waals surface area contributed by atoms with Gasteiger partial charge < -0.3 is 15.3 Å². The highest BCUT2D eigenvalue weighted by molar-refractivity contribution is 6.31. The molecule has 162 valence electrons. The van der Waals surface area contributed by atoms with Crippen LogP contribution in [0.25, 0.3) is 0 Å². The average Bonchev–Trinajstić information content (AvgIpc) is 2.68. The average molecular weight is 461 g/mol. The van der Waals surface area contributed by atoms with Crippen LogP contribution in [0.3, 0.4) is 0 Å². The van der Waals surface area contributed by atoms with Gasteiger partial charge in [0, 0.05) is 28.1 Å². The van der Waals surface area contributed by atoms with E-state index < -0.39 is 30.4 Å². The molecule has 8 heteroatoms. The summed E-state index contributed by atoms with van der Waals surface area (Å²) in [5.41, 5.74) is 1.75. The number of likely N-dealkylation sites (tertiary alicyclic amines) is 1. The first kappa shape index (κ1) is 22.8. The van der Waals surface area contributed by atoms with Crippen LogP contribution in [-0.4, -0.2) is 40.4 Å². The molecule has 1 saturated heterocycles. The summed E-state index contributed by atoms with van der Waals surface area (Å²) < 4.78 is 0. The van der Waals surface area contributed by atoms with Gasteiger partial charge in [0.2, 0.25) is 11.8 Å². The van der Waals surface area contributed by atoms with Gasteiger partial charge in [0.1, 0.15) is 6.54 Å². The van der Waals surface area contributed by atoms with Gasteiger partial charge in [-0.1, -0.05) is 53.6 Å². The Morgan fingerprint density at radius 3 is 2.39 bits per heavy atom. The molecule has 0 spiro atoms. The molecule has 1 heterocycles. The molecular weight excluding hydrogens is 439 g/mol. The van der Waals surface area contributed by atoms with Crippen LogP contribution in [0.2, 0.25) is 10.0 Å². The number of carbonyl (C=O) groups is 3. The third-order valence-electron chi connectivity index (χ3n) is 5.31. The number of nitrogens with zero attached hydrogens (tertiary/aromatic N) is 1. The van der Waals surface area contributed by atoms with E-state index in [0.29, 0.717) is 21.3 Å². The predicted molar refractivity (Wildman–Crippen MR) is 120 cm³/mol. The number of hydrogen-bond acceptors (Lipinski definition) is 3. The summed E-state index contributed by atoms with van der Waals surface area (Å²) in [5, 5.41) is 13.1. The lowest BCUT2D eigenvalue weighted by atomic mass is 9.73. The van der Waals surface area contributed by atoms with Crippen molar-refractivity contribution in [1.29, 1.82) is 0 Å². The molecule has 2 N–H and O–H groups in total. The third-order valence-corrected chi connectivity index (χ3v) is 5.78. The van der Waals surface area contributed by atoms with E-state index in [4.69, 9.17) is 23.2 Å². The van der Waals surface area contributed by atoms with Crippen molar-refractivity contribution in [2.45, 2.75) is 25.3 Å². The molecule has 0 aromatic heterocycles. The molecule has 1 aliphatic rings. The molecular formula is C23H22Cl2N2O4. The number of anilines is 1. The number of benzene rings is 2. The minimum Gasteiger partial charge on any atom is -0.480 e. The molecule has 31 heavy (non-hydrogen) atoms. The maximum absolute atomic E-state index is 13.5. The van der Waals surface area contributed by atoms with Gasteiger partial charge in [0.15, 0.2) is 0 Å². The van der Waals surface area contributed by atoms with E-state index in [1.165, 1.54) is 4.90 Å². The first-order valence-electron chi connectivity index (χ1n) is 9.66. The van der Waals surface area contributed by atoms with Crippen molar-refractivity contribution in [1.82, 2.24) is 4.90 Å². The minimum absolute atomic E-state index is 0.0228. The number of carbonyl (C=O) groups excluding carboxylic acids is 2. The predicted octanol–water partition coefficient (Wildman–Crippen LogP) is 4.59. The van der Waals surface area contributed by atoms with Crippen LogP contribution < -0.4 is 5.32 Å². The molecule has 2 unspecified atom stereocenters. The highest BCUT2D eigenvalue weighted by Crippen LogP contribution is 2.41. The van der Waals surface area contributed by atoms with Crippen LogP contribution in [0.15, 0.2) is 60.7 Å². The molecule has 0 radical (unpaired) electrons. The van der Waals surface area contributed by atoms with Crippen molar-refractivity contribution in [2.75, 3.05) is 11.9 Å². The first-order chi connectivity index (χ1) is 14.7. The molecule has 2 amide bonds. The zero-order valence-corrected chi connectivity index (χ0v) is 18.4. The molecule has 0 bridgehead atoms. The summed E-state index contributed by atoms with van der Waals surface area (Å²) in [5.74, 6) is -3.14. The fourth-order valence-electron chi connectivity index (χ4n) is 4.09. The number of carboxylic acid groups (broad SMARTS) is 1. The Morgan fingerprint density at radius 2 is 1.81 bits per heavy atom. The van der Waals surface area contributed by atoms with Gasteiger partial charge in [-0.25, -0.2) is 0 Å². The van der Waals surface area contributed by atoms with Gasteiger partial charge in [-0.2, -0.15) is 0 Å². The van der Waals surface area contributed by atoms with Crippen molar-refractivity contribution in [3.63, 3.8) is 0 Å². The number of nitrogens with one attached hydrogen (secondary N) is 1. The Kier molecular flexibility index (Phi) is 7.03. The second kappa shape index (κ2) is 9.54.